The fourth-order valence-electron chi connectivity index (χ4n) is 3.42. The van der Waals surface area contributed by atoms with Crippen molar-refractivity contribution in [3.8, 4) is 5.75 Å². The van der Waals surface area contributed by atoms with Gasteiger partial charge in [-0.15, -0.1) is 0 Å². The van der Waals surface area contributed by atoms with Crippen molar-refractivity contribution >= 4 is 11.8 Å². The maximum Gasteiger partial charge on any atom is 0.260 e. The van der Waals surface area contributed by atoms with Crippen molar-refractivity contribution in [2.75, 3.05) is 32.8 Å². The largest absolute Gasteiger partial charge is 0.484 e. The molecular weight excluding hydrogens is 352 g/mol. The van der Waals surface area contributed by atoms with Crippen molar-refractivity contribution in [3.63, 3.8) is 0 Å². The minimum absolute atomic E-state index is 0.0267. The molecule has 3 rings (SSSR count). The Morgan fingerprint density at radius 1 is 0.929 bits per heavy atom. The summed E-state index contributed by atoms with van der Waals surface area (Å²) in [7, 11) is 0. The van der Waals surface area contributed by atoms with Gasteiger partial charge in [0.25, 0.3) is 11.8 Å². The molecule has 0 aliphatic carbocycles. The van der Waals surface area contributed by atoms with Crippen LogP contribution >= 0.6 is 0 Å². The number of aryl methyl sites for hydroxylation is 2. The van der Waals surface area contributed by atoms with E-state index in [0.717, 1.165) is 24.0 Å². The van der Waals surface area contributed by atoms with Gasteiger partial charge < -0.3 is 14.5 Å². The summed E-state index contributed by atoms with van der Waals surface area (Å²) in [6.45, 7) is 6.29. The number of ether oxygens (including phenoxy) is 1. The van der Waals surface area contributed by atoms with E-state index in [9.17, 15) is 9.59 Å². The van der Waals surface area contributed by atoms with Crippen molar-refractivity contribution in [1.29, 1.82) is 0 Å². The molecule has 5 nitrogen and oxygen atoms in total. The van der Waals surface area contributed by atoms with Gasteiger partial charge in [0.1, 0.15) is 5.75 Å². The van der Waals surface area contributed by atoms with E-state index in [1.807, 2.05) is 60.4 Å². The Bertz CT molecular complexity index is 809. The number of piperazine rings is 1. The Labute approximate surface area is 166 Å². The average Bonchev–Trinajstić information content (AvgIpc) is 2.73. The predicted octanol–water partition coefficient (Wildman–Crippen LogP) is 3.31. The van der Waals surface area contributed by atoms with Crippen molar-refractivity contribution in [1.82, 2.24) is 9.80 Å². The van der Waals surface area contributed by atoms with Gasteiger partial charge in [-0.3, -0.25) is 9.59 Å². The molecule has 148 valence electrons. The molecule has 1 saturated heterocycles. The van der Waals surface area contributed by atoms with E-state index in [2.05, 4.69) is 6.92 Å². The third kappa shape index (κ3) is 4.91. The summed E-state index contributed by atoms with van der Waals surface area (Å²) >= 11 is 0. The van der Waals surface area contributed by atoms with Crippen molar-refractivity contribution < 1.29 is 14.3 Å². The topological polar surface area (TPSA) is 49.9 Å². The number of hydrogen-bond acceptors (Lipinski definition) is 3. The molecule has 0 bridgehead atoms. The van der Waals surface area contributed by atoms with Crippen LogP contribution in [0.4, 0.5) is 0 Å². The Morgan fingerprint density at radius 3 is 2.21 bits per heavy atom. The maximum atomic E-state index is 12.7. The number of benzene rings is 2. The molecule has 0 radical (unpaired) electrons. The zero-order chi connectivity index (χ0) is 19.9. The monoisotopic (exact) mass is 380 g/mol. The Hall–Kier alpha value is -2.82. The van der Waals surface area contributed by atoms with Crippen LogP contribution in [-0.4, -0.2) is 54.4 Å². The fraction of sp³-hybridized carbons (Fsp3) is 0.391. The molecule has 0 N–H and O–H groups in total. The van der Waals surface area contributed by atoms with Crippen LogP contribution in [-0.2, 0) is 11.2 Å². The van der Waals surface area contributed by atoms with E-state index < -0.39 is 0 Å². The fourth-order valence-corrected chi connectivity index (χ4v) is 3.42. The van der Waals surface area contributed by atoms with Gasteiger partial charge in [-0.25, -0.2) is 0 Å². The SMILES string of the molecule is CCCc1ccc(OCC(=O)N2CCN(C(=O)c3ccccc3C)CC2)cc1. The van der Waals surface area contributed by atoms with E-state index in [0.29, 0.717) is 31.9 Å². The zero-order valence-electron chi connectivity index (χ0n) is 16.7. The molecule has 0 spiro atoms. The molecule has 0 saturated carbocycles. The van der Waals surface area contributed by atoms with Gasteiger partial charge in [0.05, 0.1) is 0 Å². The first-order chi connectivity index (χ1) is 13.6. The van der Waals surface area contributed by atoms with Gasteiger partial charge >= 0.3 is 0 Å². The molecular formula is C23H28N2O3. The van der Waals surface area contributed by atoms with Gasteiger partial charge in [-0.05, 0) is 42.7 Å². The van der Waals surface area contributed by atoms with E-state index in [-0.39, 0.29) is 18.4 Å². The highest BCUT2D eigenvalue weighted by Crippen LogP contribution is 2.15. The lowest BCUT2D eigenvalue weighted by molar-refractivity contribution is -0.134. The lowest BCUT2D eigenvalue weighted by atomic mass is 10.1. The smallest absolute Gasteiger partial charge is 0.260 e. The van der Waals surface area contributed by atoms with Gasteiger partial charge in [0.2, 0.25) is 0 Å². The molecule has 2 amide bonds. The highest BCUT2D eigenvalue weighted by atomic mass is 16.5. The third-order valence-electron chi connectivity index (χ3n) is 5.12. The number of carbonyl (C=O) groups is 2. The first kappa shape index (κ1) is 19.9. The van der Waals surface area contributed by atoms with Crippen LogP contribution < -0.4 is 4.74 Å². The van der Waals surface area contributed by atoms with Crippen LogP contribution in [0.3, 0.4) is 0 Å². The molecule has 5 heteroatoms. The number of amides is 2. The highest BCUT2D eigenvalue weighted by molar-refractivity contribution is 5.95. The van der Waals surface area contributed by atoms with Gasteiger partial charge in [0, 0.05) is 31.7 Å². The second kappa shape index (κ2) is 9.40. The first-order valence-corrected chi connectivity index (χ1v) is 9.93. The second-order valence-electron chi connectivity index (χ2n) is 7.17. The summed E-state index contributed by atoms with van der Waals surface area (Å²) in [5, 5.41) is 0. The lowest BCUT2D eigenvalue weighted by Gasteiger charge is -2.35. The van der Waals surface area contributed by atoms with Crippen molar-refractivity contribution in [2.45, 2.75) is 26.7 Å². The molecule has 1 fully saturated rings. The van der Waals surface area contributed by atoms with Crippen LogP contribution in [0, 0.1) is 6.92 Å². The van der Waals surface area contributed by atoms with Crippen LogP contribution in [0.25, 0.3) is 0 Å². The summed E-state index contributed by atoms with van der Waals surface area (Å²) in [5.41, 5.74) is 2.98. The standard InChI is InChI=1S/C23H28N2O3/c1-3-6-19-9-11-20(12-10-19)28-17-22(26)24-13-15-25(16-14-24)23(27)21-8-5-4-7-18(21)2/h4-5,7-12H,3,6,13-17H2,1-2H3. The molecule has 0 aromatic heterocycles. The van der Waals surface area contributed by atoms with E-state index >= 15 is 0 Å². The van der Waals surface area contributed by atoms with Gasteiger partial charge in [-0.1, -0.05) is 43.7 Å². The Balaban J connectivity index is 1.47. The number of rotatable bonds is 6. The van der Waals surface area contributed by atoms with Crippen LogP contribution in [0.15, 0.2) is 48.5 Å². The molecule has 1 heterocycles. The highest BCUT2D eigenvalue weighted by Gasteiger charge is 2.25. The molecule has 0 unspecified atom stereocenters. The minimum atomic E-state index is -0.0411. The number of hydrogen-bond donors (Lipinski definition) is 0. The summed E-state index contributed by atoms with van der Waals surface area (Å²) in [6, 6.07) is 15.5. The molecule has 2 aromatic carbocycles. The second-order valence-corrected chi connectivity index (χ2v) is 7.17. The molecule has 1 aliphatic rings. The number of nitrogens with zero attached hydrogens (tertiary/aromatic N) is 2. The summed E-state index contributed by atoms with van der Waals surface area (Å²) < 4.78 is 5.64. The van der Waals surface area contributed by atoms with Crippen LogP contribution in [0.5, 0.6) is 5.75 Å². The van der Waals surface area contributed by atoms with Crippen molar-refractivity contribution in [3.05, 3.63) is 65.2 Å². The molecule has 0 atom stereocenters. The maximum absolute atomic E-state index is 12.7. The van der Waals surface area contributed by atoms with Crippen molar-refractivity contribution in [2.24, 2.45) is 0 Å². The van der Waals surface area contributed by atoms with Gasteiger partial charge in [0.15, 0.2) is 6.61 Å². The van der Waals surface area contributed by atoms with Gasteiger partial charge in [-0.2, -0.15) is 0 Å². The summed E-state index contributed by atoms with van der Waals surface area (Å²) in [4.78, 5) is 28.7. The van der Waals surface area contributed by atoms with Crippen LogP contribution in [0.1, 0.15) is 34.8 Å². The minimum Gasteiger partial charge on any atom is -0.484 e. The lowest BCUT2D eigenvalue weighted by Crippen LogP contribution is -2.51. The summed E-state index contributed by atoms with van der Waals surface area (Å²) in [5.74, 6) is 0.704. The van der Waals surface area contributed by atoms with E-state index in [1.54, 1.807) is 4.90 Å². The van der Waals surface area contributed by atoms with Crippen LogP contribution in [0.2, 0.25) is 0 Å². The normalized spacial score (nSPS) is 14.1. The van der Waals surface area contributed by atoms with E-state index in [1.165, 1.54) is 5.56 Å². The Kier molecular flexibility index (Phi) is 6.69. The zero-order valence-corrected chi connectivity index (χ0v) is 16.7. The molecule has 28 heavy (non-hydrogen) atoms. The predicted molar refractivity (Wildman–Crippen MR) is 110 cm³/mol. The first-order valence-electron chi connectivity index (χ1n) is 9.93. The van der Waals surface area contributed by atoms with E-state index in [4.69, 9.17) is 4.74 Å². The molecule has 1 aliphatic heterocycles. The molecule has 2 aromatic rings. The number of carbonyl (C=O) groups excluding carboxylic acids is 2. The average molecular weight is 380 g/mol. The third-order valence-corrected chi connectivity index (χ3v) is 5.12. The Morgan fingerprint density at radius 2 is 1.57 bits per heavy atom. The quantitative estimate of drug-likeness (QED) is 0.773. The summed E-state index contributed by atoms with van der Waals surface area (Å²) in [6.07, 6.45) is 2.15.